The van der Waals surface area contributed by atoms with E-state index in [2.05, 4.69) is 4.72 Å². The molecular weight excluding hydrogens is 330 g/mol. The van der Waals surface area contributed by atoms with Crippen LogP contribution in [0, 0.1) is 0 Å². The Labute approximate surface area is 135 Å². The number of aryl methyl sites for hydroxylation is 2. The number of anilines is 1. The van der Waals surface area contributed by atoms with E-state index in [-0.39, 0.29) is 0 Å². The fraction of sp³-hybridized carbons (Fsp3) is 0.214. The van der Waals surface area contributed by atoms with Crippen LogP contribution in [-0.4, -0.2) is 13.6 Å². The first kappa shape index (κ1) is 16.2. The van der Waals surface area contributed by atoms with Crippen molar-refractivity contribution in [3.8, 4) is 0 Å². The molecule has 1 aromatic heterocycles. The molecule has 0 aliphatic carbocycles. The van der Waals surface area contributed by atoms with Crippen LogP contribution >= 0.6 is 23.8 Å². The Bertz CT molecular complexity index is 671. The smallest absolute Gasteiger partial charge is 0.259 e. The molecule has 4 nitrogen and oxygen atoms in total. The molecule has 1 atom stereocenters. The average molecular weight is 344 g/mol. The van der Waals surface area contributed by atoms with Crippen molar-refractivity contribution < 1.29 is 13.2 Å². The quantitative estimate of drug-likeness (QED) is 0.472. The van der Waals surface area contributed by atoms with Crippen LogP contribution in [0.3, 0.4) is 0 Å². The van der Waals surface area contributed by atoms with Crippen LogP contribution in [0.5, 0.6) is 0 Å². The summed E-state index contributed by atoms with van der Waals surface area (Å²) in [5.41, 5.74) is 2.21. The highest BCUT2D eigenvalue weighted by atomic mass is 35.5. The molecule has 112 valence electrons. The maximum atomic E-state index is 10.9. The van der Waals surface area contributed by atoms with Crippen molar-refractivity contribution in [2.45, 2.75) is 19.8 Å². The highest BCUT2D eigenvalue weighted by Gasteiger charge is 2.12. The van der Waals surface area contributed by atoms with Gasteiger partial charge in [0.05, 0.1) is 17.0 Å². The summed E-state index contributed by atoms with van der Waals surface area (Å²) in [4.78, 5) is 0.702. The molecule has 0 radical (unpaired) electrons. The summed E-state index contributed by atoms with van der Waals surface area (Å²) in [5.74, 6) is 0.887. The number of halogens is 1. The Balaban J connectivity index is 2.29. The number of hydrogen-bond acceptors (Lipinski definition) is 3. The molecule has 2 aromatic rings. The van der Waals surface area contributed by atoms with E-state index in [9.17, 15) is 4.21 Å². The molecular formula is C14H14ClNO3S2. The highest BCUT2D eigenvalue weighted by molar-refractivity contribution is 7.81. The Morgan fingerprint density at radius 3 is 2.81 bits per heavy atom. The van der Waals surface area contributed by atoms with Gasteiger partial charge in [-0.2, -0.15) is 0 Å². The highest BCUT2D eigenvalue weighted by Crippen LogP contribution is 2.28. The van der Waals surface area contributed by atoms with E-state index in [0.717, 1.165) is 29.7 Å². The molecule has 21 heavy (non-hydrogen) atoms. The number of furan rings is 1. The second kappa shape index (κ2) is 7.17. The number of hydrogen-bond donors (Lipinski definition) is 2. The lowest BCUT2D eigenvalue weighted by Gasteiger charge is -2.12. The van der Waals surface area contributed by atoms with Crippen LogP contribution in [0.4, 0.5) is 5.69 Å². The molecule has 0 saturated heterocycles. The van der Waals surface area contributed by atoms with Gasteiger partial charge in [0.2, 0.25) is 0 Å². The third-order valence-electron chi connectivity index (χ3n) is 2.99. The Hall–Kier alpha value is -1.21. The summed E-state index contributed by atoms with van der Waals surface area (Å²) in [6.07, 6.45) is 3.09. The van der Waals surface area contributed by atoms with Gasteiger partial charge in [0, 0.05) is 11.3 Å². The minimum absolute atomic E-state index is 0.381. The predicted molar refractivity (Wildman–Crippen MR) is 89.3 cm³/mol. The van der Waals surface area contributed by atoms with Crippen molar-refractivity contribution >= 4 is 45.6 Å². The van der Waals surface area contributed by atoms with Crippen molar-refractivity contribution in [2.75, 3.05) is 4.72 Å². The fourth-order valence-corrected chi connectivity index (χ4v) is 2.87. The Morgan fingerprint density at radius 1 is 1.48 bits per heavy atom. The summed E-state index contributed by atoms with van der Waals surface area (Å²) < 4.78 is 27.5. The standard InChI is InChI=1S/C14H14ClNO3S2/c1-9(20)12-8-14(16-21(17)18)13(15)7-10(12)4-5-11-3-2-6-19-11/h2-3,6-8,16H,4-5H2,1H3,(H,17,18). The van der Waals surface area contributed by atoms with Crippen LogP contribution in [0.25, 0.3) is 0 Å². The first-order valence-electron chi connectivity index (χ1n) is 6.20. The maximum Gasteiger partial charge on any atom is 0.259 e. The monoisotopic (exact) mass is 343 g/mol. The largest absolute Gasteiger partial charge is 0.469 e. The lowest BCUT2D eigenvalue weighted by molar-refractivity contribution is 0.508. The normalized spacial score (nSPS) is 12.1. The summed E-state index contributed by atoms with van der Waals surface area (Å²) >= 11 is 9.21. The zero-order valence-corrected chi connectivity index (χ0v) is 13.6. The second-order valence-electron chi connectivity index (χ2n) is 4.48. The molecule has 1 aromatic carbocycles. The molecule has 0 aliphatic rings. The first-order valence-corrected chi connectivity index (χ1v) is 8.10. The van der Waals surface area contributed by atoms with Crippen LogP contribution in [0.15, 0.2) is 34.9 Å². The number of rotatable bonds is 6. The molecule has 2 N–H and O–H groups in total. The van der Waals surface area contributed by atoms with E-state index in [4.69, 9.17) is 32.8 Å². The zero-order valence-electron chi connectivity index (χ0n) is 11.3. The van der Waals surface area contributed by atoms with Gasteiger partial charge in [0.25, 0.3) is 11.3 Å². The van der Waals surface area contributed by atoms with Gasteiger partial charge in [-0.15, -0.1) is 0 Å². The summed E-state index contributed by atoms with van der Waals surface area (Å²) in [7, 11) is 0. The van der Waals surface area contributed by atoms with Crippen molar-refractivity contribution in [3.63, 3.8) is 0 Å². The second-order valence-corrected chi connectivity index (χ2v) is 6.20. The number of benzene rings is 1. The van der Waals surface area contributed by atoms with Gasteiger partial charge in [-0.25, -0.2) is 4.21 Å². The minimum Gasteiger partial charge on any atom is -0.469 e. The van der Waals surface area contributed by atoms with E-state index in [1.165, 1.54) is 0 Å². The third-order valence-corrected chi connectivity index (χ3v) is 3.92. The lowest BCUT2D eigenvalue weighted by atomic mass is 9.99. The molecule has 0 bridgehead atoms. The molecule has 0 saturated carbocycles. The van der Waals surface area contributed by atoms with Crippen molar-refractivity contribution in [1.29, 1.82) is 0 Å². The van der Waals surface area contributed by atoms with Gasteiger partial charge in [-0.05, 0) is 48.7 Å². The summed E-state index contributed by atoms with van der Waals surface area (Å²) in [6.45, 7) is 1.81. The van der Waals surface area contributed by atoms with E-state index in [1.54, 1.807) is 18.4 Å². The molecule has 1 unspecified atom stereocenters. The average Bonchev–Trinajstić information content (AvgIpc) is 2.91. The van der Waals surface area contributed by atoms with Gasteiger partial charge in [-0.1, -0.05) is 23.8 Å². The van der Waals surface area contributed by atoms with E-state index < -0.39 is 11.3 Å². The van der Waals surface area contributed by atoms with Crippen LogP contribution in [0.1, 0.15) is 23.8 Å². The maximum absolute atomic E-state index is 10.9. The summed E-state index contributed by atoms with van der Waals surface area (Å²) in [5, 5.41) is 0.381. The molecule has 0 fully saturated rings. The lowest BCUT2D eigenvalue weighted by Crippen LogP contribution is -2.06. The van der Waals surface area contributed by atoms with Gasteiger partial charge in [0.15, 0.2) is 0 Å². The number of thiocarbonyl (C=S) groups is 1. The third kappa shape index (κ3) is 4.38. The van der Waals surface area contributed by atoms with Crippen molar-refractivity contribution in [1.82, 2.24) is 0 Å². The van der Waals surface area contributed by atoms with Crippen LogP contribution in [-0.2, 0) is 24.1 Å². The topological polar surface area (TPSA) is 62.5 Å². The predicted octanol–water partition coefficient (Wildman–Crippen LogP) is 4.00. The van der Waals surface area contributed by atoms with Gasteiger partial charge in [0.1, 0.15) is 5.76 Å². The Kier molecular flexibility index (Phi) is 5.52. The van der Waals surface area contributed by atoms with Crippen molar-refractivity contribution in [3.05, 3.63) is 52.4 Å². The molecule has 0 aliphatic heterocycles. The van der Waals surface area contributed by atoms with Gasteiger partial charge >= 0.3 is 0 Å². The zero-order chi connectivity index (χ0) is 15.4. The number of nitrogens with one attached hydrogen (secondary N) is 1. The van der Waals surface area contributed by atoms with Gasteiger partial charge < -0.3 is 4.42 Å². The molecule has 0 spiro atoms. The molecule has 2 rings (SSSR count). The van der Waals surface area contributed by atoms with Gasteiger partial charge in [-0.3, -0.25) is 9.27 Å². The molecule has 1 heterocycles. The minimum atomic E-state index is -2.18. The summed E-state index contributed by atoms with van der Waals surface area (Å²) in [6, 6.07) is 7.23. The fourth-order valence-electron chi connectivity index (χ4n) is 2.03. The van der Waals surface area contributed by atoms with Crippen LogP contribution < -0.4 is 4.72 Å². The molecule has 7 heteroatoms. The van der Waals surface area contributed by atoms with E-state index in [0.29, 0.717) is 15.6 Å². The first-order chi connectivity index (χ1) is 9.97. The SMILES string of the molecule is CC(=S)c1cc(NS(=O)O)c(Cl)cc1CCc1ccco1. The van der Waals surface area contributed by atoms with Crippen molar-refractivity contribution in [2.24, 2.45) is 0 Å². The molecule has 0 amide bonds. The Morgan fingerprint density at radius 2 is 2.24 bits per heavy atom. The van der Waals surface area contributed by atoms with E-state index >= 15 is 0 Å². The van der Waals surface area contributed by atoms with Crippen LogP contribution in [0.2, 0.25) is 5.02 Å². The van der Waals surface area contributed by atoms with E-state index in [1.807, 2.05) is 19.1 Å².